The highest BCUT2D eigenvalue weighted by Crippen LogP contribution is 2.42. The Morgan fingerprint density at radius 1 is 1.31 bits per heavy atom. The molecule has 2 rings (SSSR count). The fourth-order valence-electron chi connectivity index (χ4n) is 2.28. The lowest BCUT2D eigenvalue weighted by molar-refractivity contribution is 0.411. The van der Waals surface area contributed by atoms with E-state index >= 15 is 0 Å². The minimum Gasteiger partial charge on any atom is -0.0892 e. The monoisotopic (exact) mass is 346 g/mol. The second-order valence-corrected chi connectivity index (χ2v) is 6.31. The second-order valence-electron chi connectivity index (χ2n) is 4.53. The van der Waals surface area contributed by atoms with Gasteiger partial charge in [-0.2, -0.15) is 0 Å². The standard InChI is InChI=1S/C14H16ClI/c1-10-9-12(7-8-13(10)15)14(16)11-5-3-2-4-6-11/h2-6,8,10,12,14H,7,9H2,1H3. The SMILES string of the molecule is CC1CC(C(I)c2ccccc2)CC=C1Cl. The summed E-state index contributed by atoms with van der Waals surface area (Å²) < 4.78 is 0.599. The van der Waals surface area contributed by atoms with E-state index in [0.29, 0.717) is 9.84 Å². The zero-order valence-electron chi connectivity index (χ0n) is 9.37. The molecule has 0 fully saturated rings. The van der Waals surface area contributed by atoms with Gasteiger partial charge in [-0.25, -0.2) is 0 Å². The molecule has 1 aromatic carbocycles. The van der Waals surface area contributed by atoms with E-state index in [1.165, 1.54) is 12.0 Å². The molecule has 3 atom stereocenters. The van der Waals surface area contributed by atoms with Gasteiger partial charge in [0, 0.05) is 8.96 Å². The molecule has 0 heterocycles. The van der Waals surface area contributed by atoms with Gasteiger partial charge in [-0.05, 0) is 30.2 Å². The molecule has 0 N–H and O–H groups in total. The molecule has 16 heavy (non-hydrogen) atoms. The van der Waals surface area contributed by atoms with Crippen LogP contribution in [0.4, 0.5) is 0 Å². The highest BCUT2D eigenvalue weighted by atomic mass is 127. The van der Waals surface area contributed by atoms with Gasteiger partial charge >= 0.3 is 0 Å². The third-order valence-electron chi connectivity index (χ3n) is 3.27. The quantitative estimate of drug-likeness (QED) is 0.501. The van der Waals surface area contributed by atoms with Crippen LogP contribution in [0.2, 0.25) is 0 Å². The molecular formula is C14H16ClI. The van der Waals surface area contributed by atoms with Crippen LogP contribution in [0.25, 0.3) is 0 Å². The molecule has 0 nitrogen and oxygen atoms in total. The number of rotatable bonds is 2. The van der Waals surface area contributed by atoms with Gasteiger partial charge in [-0.15, -0.1) is 0 Å². The number of alkyl halides is 1. The Morgan fingerprint density at radius 3 is 2.62 bits per heavy atom. The molecule has 2 heteroatoms. The van der Waals surface area contributed by atoms with Gasteiger partial charge in [-0.3, -0.25) is 0 Å². The van der Waals surface area contributed by atoms with E-state index in [1.807, 2.05) is 0 Å². The summed E-state index contributed by atoms with van der Waals surface area (Å²) in [5.74, 6) is 1.25. The third-order valence-corrected chi connectivity index (χ3v) is 5.54. The van der Waals surface area contributed by atoms with Crippen molar-refractivity contribution in [2.24, 2.45) is 11.8 Å². The minimum absolute atomic E-state index is 0.529. The normalized spacial score (nSPS) is 27.3. The summed E-state index contributed by atoms with van der Waals surface area (Å²) in [7, 11) is 0. The van der Waals surface area contributed by atoms with Gasteiger partial charge in [0.2, 0.25) is 0 Å². The van der Waals surface area contributed by atoms with Crippen molar-refractivity contribution in [3.05, 3.63) is 47.0 Å². The zero-order valence-corrected chi connectivity index (χ0v) is 12.3. The lowest BCUT2D eigenvalue weighted by Crippen LogP contribution is -2.15. The summed E-state index contributed by atoms with van der Waals surface area (Å²) in [4.78, 5) is 0. The molecule has 0 radical (unpaired) electrons. The average Bonchev–Trinajstić information content (AvgIpc) is 2.33. The summed E-state index contributed by atoms with van der Waals surface area (Å²) in [5, 5.41) is 1.05. The van der Waals surface area contributed by atoms with Crippen LogP contribution >= 0.6 is 34.2 Å². The van der Waals surface area contributed by atoms with Crippen LogP contribution in [-0.4, -0.2) is 0 Å². The van der Waals surface area contributed by atoms with Gasteiger partial charge in [0.05, 0.1) is 0 Å². The fourth-order valence-corrected chi connectivity index (χ4v) is 3.46. The zero-order chi connectivity index (χ0) is 11.5. The van der Waals surface area contributed by atoms with Crippen molar-refractivity contribution in [3.8, 4) is 0 Å². The van der Waals surface area contributed by atoms with Gasteiger partial charge in [0.25, 0.3) is 0 Å². The molecule has 0 spiro atoms. The van der Waals surface area contributed by atoms with Crippen molar-refractivity contribution in [1.29, 1.82) is 0 Å². The van der Waals surface area contributed by atoms with Gasteiger partial charge in [0.1, 0.15) is 0 Å². The van der Waals surface area contributed by atoms with Crippen molar-refractivity contribution < 1.29 is 0 Å². The molecule has 3 unspecified atom stereocenters. The van der Waals surface area contributed by atoms with Crippen LogP contribution in [0.15, 0.2) is 41.4 Å². The van der Waals surface area contributed by atoms with Gasteiger partial charge < -0.3 is 0 Å². The van der Waals surface area contributed by atoms with Crippen molar-refractivity contribution in [2.75, 3.05) is 0 Å². The largest absolute Gasteiger partial charge is 0.0892 e. The van der Waals surface area contributed by atoms with Gasteiger partial charge in [0.15, 0.2) is 0 Å². The lowest BCUT2D eigenvalue weighted by atomic mass is 9.83. The number of halogens is 2. The first-order valence-corrected chi connectivity index (χ1v) is 7.35. The van der Waals surface area contributed by atoms with Crippen LogP contribution in [0.3, 0.4) is 0 Å². The molecule has 0 aliphatic heterocycles. The van der Waals surface area contributed by atoms with Crippen molar-refractivity contribution >= 4 is 34.2 Å². The number of allylic oxidation sites excluding steroid dienone is 2. The molecule has 1 aromatic rings. The Balaban J connectivity index is 2.10. The maximum absolute atomic E-state index is 6.14. The minimum atomic E-state index is 0.529. The molecule has 0 saturated carbocycles. The van der Waals surface area contributed by atoms with Crippen LogP contribution in [0.5, 0.6) is 0 Å². The molecular weight excluding hydrogens is 331 g/mol. The lowest BCUT2D eigenvalue weighted by Gasteiger charge is -2.28. The van der Waals surface area contributed by atoms with E-state index in [4.69, 9.17) is 11.6 Å². The summed E-state index contributed by atoms with van der Waals surface area (Å²) >= 11 is 8.71. The van der Waals surface area contributed by atoms with Crippen molar-refractivity contribution in [1.82, 2.24) is 0 Å². The van der Waals surface area contributed by atoms with Crippen molar-refractivity contribution in [3.63, 3.8) is 0 Å². The van der Waals surface area contributed by atoms with Crippen LogP contribution in [0, 0.1) is 11.8 Å². The van der Waals surface area contributed by atoms with E-state index in [9.17, 15) is 0 Å². The highest BCUT2D eigenvalue weighted by Gasteiger charge is 2.26. The Labute approximate surface area is 116 Å². The first-order chi connectivity index (χ1) is 7.68. The first kappa shape index (κ1) is 12.4. The first-order valence-electron chi connectivity index (χ1n) is 5.73. The third kappa shape index (κ3) is 2.80. The summed E-state index contributed by atoms with van der Waals surface area (Å²) in [6, 6.07) is 10.8. The van der Waals surface area contributed by atoms with Crippen LogP contribution < -0.4 is 0 Å². The van der Waals surface area contributed by atoms with E-state index < -0.39 is 0 Å². The van der Waals surface area contributed by atoms with Crippen LogP contribution in [0.1, 0.15) is 29.3 Å². The molecule has 0 amide bonds. The number of hydrogen-bond donors (Lipinski definition) is 0. The van der Waals surface area contributed by atoms with E-state index in [-0.39, 0.29) is 0 Å². The maximum atomic E-state index is 6.14. The van der Waals surface area contributed by atoms with Gasteiger partial charge in [-0.1, -0.05) is 77.5 Å². The Kier molecular flexibility index (Phi) is 4.31. The summed E-state index contributed by atoms with van der Waals surface area (Å²) in [5.41, 5.74) is 1.44. The molecule has 1 aliphatic carbocycles. The number of benzene rings is 1. The topological polar surface area (TPSA) is 0 Å². The summed E-state index contributed by atoms with van der Waals surface area (Å²) in [6.07, 6.45) is 4.53. The molecule has 0 bridgehead atoms. The molecule has 0 aromatic heterocycles. The smallest absolute Gasteiger partial charge is 0.0390 e. The van der Waals surface area contributed by atoms with E-state index in [0.717, 1.165) is 17.4 Å². The van der Waals surface area contributed by atoms with Crippen LogP contribution in [-0.2, 0) is 0 Å². The average molecular weight is 347 g/mol. The maximum Gasteiger partial charge on any atom is 0.0390 e. The highest BCUT2D eigenvalue weighted by molar-refractivity contribution is 14.1. The molecule has 1 aliphatic rings. The molecule has 86 valence electrons. The van der Waals surface area contributed by atoms with E-state index in [2.05, 4.69) is 65.9 Å². The summed E-state index contributed by atoms with van der Waals surface area (Å²) in [6.45, 7) is 2.22. The molecule has 0 saturated heterocycles. The van der Waals surface area contributed by atoms with E-state index in [1.54, 1.807) is 0 Å². The predicted molar refractivity (Wildman–Crippen MR) is 79.0 cm³/mol. The Morgan fingerprint density at radius 2 is 2.00 bits per heavy atom. The number of hydrogen-bond acceptors (Lipinski definition) is 0. The Bertz CT molecular complexity index is 372. The Hall–Kier alpha value is -0.0200. The van der Waals surface area contributed by atoms with Crippen molar-refractivity contribution in [2.45, 2.75) is 23.7 Å². The second kappa shape index (κ2) is 5.54. The fraction of sp³-hybridized carbons (Fsp3) is 0.429. The predicted octanol–water partition coefficient (Wildman–Crippen LogP) is 5.33.